The van der Waals surface area contributed by atoms with Crippen molar-refractivity contribution < 1.29 is 34.4 Å². The van der Waals surface area contributed by atoms with E-state index in [1.54, 1.807) is 0 Å². The highest BCUT2D eigenvalue weighted by molar-refractivity contribution is 5.84. The molecule has 0 bridgehead atoms. The number of hydrogen-bond acceptors (Lipinski definition) is 5. The molecule has 0 fully saturated rings. The molecule has 0 amide bonds. The SMILES string of the molecule is O=COC(C(=O)O)C(O)C(=O)O. The minimum Gasteiger partial charge on any atom is -0.479 e. The predicted octanol–water partition coefficient (Wildman–Crippen LogP) is -1.94. The predicted molar refractivity (Wildman–Crippen MR) is 32.2 cm³/mol. The van der Waals surface area contributed by atoms with Crippen LogP contribution in [0.5, 0.6) is 0 Å². The van der Waals surface area contributed by atoms with E-state index >= 15 is 0 Å². The van der Waals surface area contributed by atoms with Crippen LogP contribution in [0.3, 0.4) is 0 Å². The Morgan fingerprint density at radius 2 is 1.75 bits per heavy atom. The van der Waals surface area contributed by atoms with Crippen LogP contribution in [0.1, 0.15) is 0 Å². The maximum absolute atomic E-state index is 10.1. The highest BCUT2D eigenvalue weighted by Crippen LogP contribution is 1.98. The molecule has 0 spiro atoms. The van der Waals surface area contributed by atoms with Gasteiger partial charge in [0.05, 0.1) is 0 Å². The van der Waals surface area contributed by atoms with Crippen LogP contribution in [-0.2, 0) is 19.1 Å². The number of carbonyl (C=O) groups excluding carboxylic acids is 1. The molecule has 7 nitrogen and oxygen atoms in total. The normalized spacial score (nSPS) is 14.4. The zero-order valence-corrected chi connectivity index (χ0v) is 5.71. The van der Waals surface area contributed by atoms with Gasteiger partial charge in [0.25, 0.3) is 6.47 Å². The summed E-state index contributed by atoms with van der Waals surface area (Å²) in [7, 11) is 0. The van der Waals surface area contributed by atoms with Crippen molar-refractivity contribution in [2.75, 3.05) is 0 Å². The van der Waals surface area contributed by atoms with Gasteiger partial charge in [-0.2, -0.15) is 0 Å². The summed E-state index contributed by atoms with van der Waals surface area (Å²) in [5.74, 6) is -3.50. The number of carboxylic acids is 2. The molecule has 0 aromatic carbocycles. The Labute approximate surface area is 66.2 Å². The number of aliphatic hydroxyl groups is 1. The van der Waals surface area contributed by atoms with Crippen molar-refractivity contribution in [2.24, 2.45) is 0 Å². The van der Waals surface area contributed by atoms with E-state index in [9.17, 15) is 14.4 Å². The van der Waals surface area contributed by atoms with E-state index < -0.39 is 24.1 Å². The van der Waals surface area contributed by atoms with E-state index in [4.69, 9.17) is 15.3 Å². The Kier molecular flexibility index (Phi) is 3.71. The first-order valence-electron chi connectivity index (χ1n) is 2.73. The standard InChI is InChI=1S/C5H6O7/c6-1-12-3(5(10)11)2(7)4(8)9/h1-3,7H,(H,8,9)(H,10,11). The van der Waals surface area contributed by atoms with Crippen LogP contribution >= 0.6 is 0 Å². The third-order valence-electron chi connectivity index (χ3n) is 0.985. The average molecular weight is 178 g/mol. The topological polar surface area (TPSA) is 121 Å². The lowest BCUT2D eigenvalue weighted by atomic mass is 10.2. The average Bonchev–Trinajstić information content (AvgIpc) is 1.98. The number of hydrogen-bond donors (Lipinski definition) is 3. The number of carbonyl (C=O) groups is 3. The molecule has 2 unspecified atom stereocenters. The molecule has 0 saturated heterocycles. The molecule has 0 aromatic heterocycles. The smallest absolute Gasteiger partial charge is 0.348 e. The van der Waals surface area contributed by atoms with Crippen LogP contribution in [0.4, 0.5) is 0 Å². The number of rotatable bonds is 5. The molecular formula is C5H6O7. The van der Waals surface area contributed by atoms with Crippen LogP contribution in [0, 0.1) is 0 Å². The molecule has 2 atom stereocenters. The molecule has 3 N–H and O–H groups in total. The molecular weight excluding hydrogens is 172 g/mol. The first-order valence-corrected chi connectivity index (χ1v) is 2.73. The summed E-state index contributed by atoms with van der Waals surface area (Å²) < 4.78 is 3.82. The van der Waals surface area contributed by atoms with Crippen molar-refractivity contribution in [1.82, 2.24) is 0 Å². The zero-order chi connectivity index (χ0) is 9.72. The number of ether oxygens (including phenoxy) is 1. The maximum Gasteiger partial charge on any atom is 0.348 e. The van der Waals surface area contributed by atoms with Gasteiger partial charge in [0.15, 0.2) is 6.10 Å². The van der Waals surface area contributed by atoms with Crippen molar-refractivity contribution in [3.8, 4) is 0 Å². The first kappa shape index (κ1) is 10.4. The Balaban J connectivity index is 4.38. The molecule has 0 aliphatic rings. The summed E-state index contributed by atoms with van der Waals surface area (Å²) in [5.41, 5.74) is 0. The summed E-state index contributed by atoms with van der Waals surface area (Å²) in [4.78, 5) is 29.8. The van der Waals surface area contributed by atoms with Crippen molar-refractivity contribution in [1.29, 1.82) is 0 Å². The van der Waals surface area contributed by atoms with Crippen LogP contribution in [0.25, 0.3) is 0 Å². The minimum atomic E-state index is -2.26. The lowest BCUT2D eigenvalue weighted by Gasteiger charge is -2.12. The summed E-state index contributed by atoms with van der Waals surface area (Å²) in [6, 6.07) is 0. The second-order valence-corrected chi connectivity index (χ2v) is 1.77. The summed E-state index contributed by atoms with van der Waals surface area (Å²) in [5, 5.41) is 25.0. The fraction of sp³-hybridized carbons (Fsp3) is 0.400. The first-order chi connectivity index (χ1) is 5.50. The second-order valence-electron chi connectivity index (χ2n) is 1.77. The molecule has 7 heteroatoms. The van der Waals surface area contributed by atoms with Gasteiger partial charge in [-0.3, -0.25) is 4.79 Å². The van der Waals surface area contributed by atoms with E-state index in [-0.39, 0.29) is 6.47 Å². The maximum atomic E-state index is 10.1. The molecule has 0 aliphatic heterocycles. The second kappa shape index (κ2) is 4.29. The molecule has 0 radical (unpaired) electrons. The largest absolute Gasteiger partial charge is 0.479 e. The number of aliphatic carboxylic acids is 2. The van der Waals surface area contributed by atoms with Gasteiger partial charge in [-0.25, -0.2) is 9.59 Å². The lowest BCUT2D eigenvalue weighted by Crippen LogP contribution is -2.41. The molecule has 0 aliphatic carbocycles. The quantitative estimate of drug-likeness (QED) is 0.418. The summed E-state index contributed by atoms with van der Waals surface area (Å²) in [6.07, 6.45) is -4.33. The van der Waals surface area contributed by atoms with Gasteiger partial charge in [-0.15, -0.1) is 0 Å². The highest BCUT2D eigenvalue weighted by Gasteiger charge is 2.33. The van der Waals surface area contributed by atoms with Gasteiger partial charge in [0.1, 0.15) is 0 Å². The van der Waals surface area contributed by atoms with Crippen molar-refractivity contribution in [3.05, 3.63) is 0 Å². The Bertz CT molecular complexity index is 198. The van der Waals surface area contributed by atoms with Crippen molar-refractivity contribution >= 4 is 18.4 Å². The van der Waals surface area contributed by atoms with Gasteiger partial charge in [0, 0.05) is 0 Å². The van der Waals surface area contributed by atoms with E-state index in [1.807, 2.05) is 0 Å². The van der Waals surface area contributed by atoms with Crippen LogP contribution < -0.4 is 0 Å². The Hall–Kier alpha value is -1.63. The van der Waals surface area contributed by atoms with Crippen LogP contribution in [-0.4, -0.2) is 45.9 Å². The Morgan fingerprint density at radius 3 is 2.00 bits per heavy atom. The highest BCUT2D eigenvalue weighted by atomic mass is 16.6. The fourth-order valence-corrected chi connectivity index (χ4v) is 0.457. The van der Waals surface area contributed by atoms with Gasteiger partial charge >= 0.3 is 11.9 Å². The van der Waals surface area contributed by atoms with Crippen LogP contribution in [0.2, 0.25) is 0 Å². The van der Waals surface area contributed by atoms with Crippen molar-refractivity contribution in [3.63, 3.8) is 0 Å². The van der Waals surface area contributed by atoms with E-state index in [0.29, 0.717) is 0 Å². The zero-order valence-electron chi connectivity index (χ0n) is 5.71. The van der Waals surface area contributed by atoms with Gasteiger partial charge < -0.3 is 20.1 Å². The molecule has 0 rings (SSSR count). The van der Waals surface area contributed by atoms with E-state index in [1.165, 1.54) is 0 Å². The number of carboxylic acid groups (broad SMARTS) is 2. The minimum absolute atomic E-state index is 0.245. The van der Waals surface area contributed by atoms with Crippen molar-refractivity contribution in [2.45, 2.75) is 12.2 Å². The van der Waals surface area contributed by atoms with E-state index in [0.717, 1.165) is 0 Å². The Morgan fingerprint density at radius 1 is 1.25 bits per heavy atom. The summed E-state index contributed by atoms with van der Waals surface area (Å²) >= 11 is 0. The molecule has 0 aromatic rings. The molecule has 12 heavy (non-hydrogen) atoms. The number of aliphatic hydroxyl groups excluding tert-OH is 1. The fourth-order valence-electron chi connectivity index (χ4n) is 0.457. The van der Waals surface area contributed by atoms with Gasteiger partial charge in [-0.1, -0.05) is 0 Å². The molecule has 68 valence electrons. The lowest BCUT2D eigenvalue weighted by molar-refractivity contribution is -0.172. The van der Waals surface area contributed by atoms with Crippen LogP contribution in [0.15, 0.2) is 0 Å². The molecule has 0 heterocycles. The molecule has 0 saturated carbocycles. The third kappa shape index (κ3) is 2.54. The van der Waals surface area contributed by atoms with E-state index in [2.05, 4.69) is 4.74 Å². The third-order valence-corrected chi connectivity index (χ3v) is 0.985. The van der Waals surface area contributed by atoms with Gasteiger partial charge in [-0.05, 0) is 0 Å². The van der Waals surface area contributed by atoms with Gasteiger partial charge in [0.2, 0.25) is 6.10 Å². The monoisotopic (exact) mass is 178 g/mol. The summed E-state index contributed by atoms with van der Waals surface area (Å²) in [6.45, 7) is -0.245.